The van der Waals surface area contributed by atoms with Crippen LogP contribution in [0, 0.1) is 10.1 Å². The van der Waals surface area contributed by atoms with Gasteiger partial charge in [-0.25, -0.2) is 13.2 Å². The van der Waals surface area contributed by atoms with Crippen LogP contribution in [0.2, 0.25) is 0 Å². The number of nitro groups is 1. The normalized spacial score (nSPS) is 20.6. The maximum absolute atomic E-state index is 12.7. The second-order valence-electron chi connectivity index (χ2n) is 7.20. The van der Waals surface area contributed by atoms with Crippen molar-refractivity contribution in [2.75, 3.05) is 56.4 Å². The molecule has 12 heteroatoms. The highest BCUT2D eigenvalue weighted by Crippen LogP contribution is 2.27. The van der Waals surface area contributed by atoms with Crippen LogP contribution in [0.15, 0.2) is 18.2 Å². The van der Waals surface area contributed by atoms with Crippen molar-refractivity contribution in [1.29, 1.82) is 0 Å². The van der Waals surface area contributed by atoms with Gasteiger partial charge < -0.3 is 19.3 Å². The number of morpholine rings is 1. The minimum absolute atomic E-state index is 0.00926. The van der Waals surface area contributed by atoms with Gasteiger partial charge in [-0.15, -0.1) is 0 Å². The summed E-state index contributed by atoms with van der Waals surface area (Å²) in [6, 6.07) is 3.46. The van der Waals surface area contributed by atoms with E-state index in [-0.39, 0.29) is 22.8 Å². The molecule has 1 amide bonds. The van der Waals surface area contributed by atoms with Crippen molar-refractivity contribution in [3.63, 3.8) is 0 Å². The minimum Gasteiger partial charge on any atom is -0.452 e. The number of sulfone groups is 1. The monoisotopic (exact) mass is 441 g/mol. The number of non-ortho nitro benzene ring substituents is 1. The van der Waals surface area contributed by atoms with Crippen LogP contribution in [0.4, 0.5) is 11.4 Å². The molecular formula is C18H23N3O8S. The summed E-state index contributed by atoms with van der Waals surface area (Å²) in [6.45, 7) is 1.35. The topological polar surface area (TPSA) is 136 Å². The molecular weight excluding hydrogens is 418 g/mol. The highest BCUT2D eigenvalue weighted by Gasteiger charge is 2.33. The first-order chi connectivity index (χ1) is 14.2. The van der Waals surface area contributed by atoms with E-state index in [0.717, 1.165) is 6.07 Å². The molecule has 1 aromatic carbocycles. The van der Waals surface area contributed by atoms with E-state index in [2.05, 4.69) is 0 Å². The molecule has 3 rings (SSSR count). The number of ether oxygens (including phenoxy) is 2. The van der Waals surface area contributed by atoms with E-state index in [1.54, 1.807) is 0 Å². The van der Waals surface area contributed by atoms with E-state index in [4.69, 9.17) is 9.47 Å². The molecule has 30 heavy (non-hydrogen) atoms. The maximum Gasteiger partial charge on any atom is 0.341 e. The molecule has 1 aromatic rings. The second kappa shape index (κ2) is 8.96. The largest absolute Gasteiger partial charge is 0.452 e. The summed E-state index contributed by atoms with van der Waals surface area (Å²) in [6.07, 6.45) is 0.338. The number of hydrogen-bond acceptors (Lipinski definition) is 9. The highest BCUT2D eigenvalue weighted by atomic mass is 32.2. The first kappa shape index (κ1) is 22.0. The van der Waals surface area contributed by atoms with Crippen molar-refractivity contribution in [2.24, 2.45) is 0 Å². The molecule has 2 aliphatic heterocycles. The molecule has 0 unspecified atom stereocenters. The van der Waals surface area contributed by atoms with Crippen molar-refractivity contribution in [3.8, 4) is 0 Å². The lowest BCUT2D eigenvalue weighted by Crippen LogP contribution is -2.40. The van der Waals surface area contributed by atoms with Gasteiger partial charge in [-0.3, -0.25) is 14.9 Å². The van der Waals surface area contributed by atoms with Crippen LogP contribution in [0.25, 0.3) is 0 Å². The van der Waals surface area contributed by atoms with E-state index < -0.39 is 39.3 Å². The van der Waals surface area contributed by atoms with E-state index in [1.807, 2.05) is 4.90 Å². The average Bonchev–Trinajstić information content (AvgIpc) is 3.10. The van der Waals surface area contributed by atoms with E-state index in [9.17, 15) is 28.1 Å². The Morgan fingerprint density at radius 1 is 1.33 bits per heavy atom. The van der Waals surface area contributed by atoms with Crippen molar-refractivity contribution in [1.82, 2.24) is 4.90 Å². The third-order valence-electron chi connectivity index (χ3n) is 5.24. The fourth-order valence-corrected chi connectivity index (χ4v) is 5.25. The zero-order chi connectivity index (χ0) is 21.9. The van der Waals surface area contributed by atoms with Crippen molar-refractivity contribution in [3.05, 3.63) is 33.9 Å². The van der Waals surface area contributed by atoms with Gasteiger partial charge in [0.25, 0.3) is 11.6 Å². The van der Waals surface area contributed by atoms with Crippen LogP contribution in [0.1, 0.15) is 16.8 Å². The molecule has 2 heterocycles. The van der Waals surface area contributed by atoms with Crippen LogP contribution in [0.5, 0.6) is 0 Å². The summed E-state index contributed by atoms with van der Waals surface area (Å²) < 4.78 is 33.6. The molecule has 0 radical (unpaired) electrons. The Morgan fingerprint density at radius 2 is 2.03 bits per heavy atom. The van der Waals surface area contributed by atoms with Crippen LogP contribution >= 0.6 is 0 Å². The molecule has 0 bridgehead atoms. The van der Waals surface area contributed by atoms with Crippen LogP contribution < -0.4 is 4.90 Å². The highest BCUT2D eigenvalue weighted by molar-refractivity contribution is 7.91. The van der Waals surface area contributed by atoms with Crippen molar-refractivity contribution < 1.29 is 32.4 Å². The fraction of sp³-hybridized carbons (Fsp3) is 0.556. The fourth-order valence-electron chi connectivity index (χ4n) is 3.47. The van der Waals surface area contributed by atoms with Crippen LogP contribution in [-0.4, -0.2) is 87.6 Å². The number of carbonyl (C=O) groups excluding carboxylic acids is 2. The molecule has 2 saturated heterocycles. The van der Waals surface area contributed by atoms with Crippen LogP contribution in [0.3, 0.4) is 0 Å². The summed E-state index contributed by atoms with van der Waals surface area (Å²) in [4.78, 5) is 38.7. The molecule has 11 nitrogen and oxygen atoms in total. The summed E-state index contributed by atoms with van der Waals surface area (Å²) in [5.74, 6) is -1.49. The zero-order valence-corrected chi connectivity index (χ0v) is 17.3. The molecule has 0 N–H and O–H groups in total. The Kier molecular flexibility index (Phi) is 6.56. The minimum atomic E-state index is -3.16. The third kappa shape index (κ3) is 5.05. The molecule has 0 aromatic heterocycles. The lowest BCUT2D eigenvalue weighted by atomic mass is 10.1. The number of amides is 1. The maximum atomic E-state index is 12.7. The van der Waals surface area contributed by atoms with Gasteiger partial charge in [0.1, 0.15) is 0 Å². The number of rotatable bonds is 6. The van der Waals surface area contributed by atoms with Gasteiger partial charge in [0, 0.05) is 38.3 Å². The van der Waals surface area contributed by atoms with Crippen molar-refractivity contribution in [2.45, 2.75) is 12.5 Å². The molecule has 0 spiro atoms. The van der Waals surface area contributed by atoms with Crippen LogP contribution in [-0.2, 0) is 24.1 Å². The number of carbonyl (C=O) groups is 2. The Balaban J connectivity index is 1.71. The number of benzene rings is 1. The Hall–Kier alpha value is -2.73. The standard InChI is InChI=1S/C18H23N3O8S/c1-19(14-4-9-30(26,27)12-14)17(22)11-29-18(23)15-10-13(21(24)25)2-3-16(15)20-5-7-28-8-6-20/h2-3,10,14H,4-9,11-12H2,1H3/t14-/m1/s1. The third-order valence-corrected chi connectivity index (χ3v) is 6.99. The molecule has 2 fully saturated rings. The van der Waals surface area contributed by atoms with Gasteiger partial charge in [0.15, 0.2) is 16.4 Å². The van der Waals surface area contributed by atoms with E-state index in [1.165, 1.54) is 24.1 Å². The summed E-state index contributed by atoms with van der Waals surface area (Å²) in [5, 5.41) is 11.1. The number of anilines is 1. The molecule has 0 saturated carbocycles. The van der Waals surface area contributed by atoms with Gasteiger partial charge >= 0.3 is 5.97 Å². The van der Waals surface area contributed by atoms with Gasteiger partial charge in [-0.05, 0) is 12.5 Å². The average molecular weight is 441 g/mol. The lowest BCUT2D eigenvalue weighted by Gasteiger charge is -2.30. The zero-order valence-electron chi connectivity index (χ0n) is 16.5. The second-order valence-corrected chi connectivity index (χ2v) is 9.42. The number of likely N-dealkylation sites (N-methyl/N-ethyl adjacent to an activating group) is 1. The Bertz CT molecular complexity index is 943. The Labute approximate surface area is 173 Å². The Morgan fingerprint density at radius 3 is 2.63 bits per heavy atom. The lowest BCUT2D eigenvalue weighted by molar-refractivity contribution is -0.384. The summed E-state index contributed by atoms with van der Waals surface area (Å²) in [5.41, 5.74) is 0.195. The van der Waals surface area contributed by atoms with Gasteiger partial charge in [0.05, 0.1) is 40.9 Å². The predicted octanol–water partition coefficient (Wildman–Crippen LogP) is 0.234. The van der Waals surface area contributed by atoms with E-state index in [0.29, 0.717) is 38.4 Å². The first-order valence-corrected chi connectivity index (χ1v) is 11.2. The van der Waals surface area contributed by atoms with Gasteiger partial charge in [0.2, 0.25) is 0 Å². The number of hydrogen-bond donors (Lipinski definition) is 0. The SMILES string of the molecule is CN(C(=O)COC(=O)c1cc([N+](=O)[O-])ccc1N1CCOCC1)[C@@H]1CCS(=O)(=O)C1. The summed E-state index contributed by atoms with van der Waals surface area (Å²) >= 11 is 0. The number of nitro benzene ring substituents is 1. The molecule has 1 atom stereocenters. The van der Waals surface area contributed by atoms with Crippen molar-refractivity contribution >= 4 is 33.1 Å². The predicted molar refractivity (Wildman–Crippen MR) is 106 cm³/mol. The quantitative estimate of drug-likeness (QED) is 0.345. The van der Waals surface area contributed by atoms with Gasteiger partial charge in [-0.2, -0.15) is 0 Å². The van der Waals surface area contributed by atoms with E-state index >= 15 is 0 Å². The molecule has 0 aliphatic carbocycles. The number of esters is 1. The van der Waals surface area contributed by atoms with Gasteiger partial charge in [-0.1, -0.05) is 0 Å². The first-order valence-electron chi connectivity index (χ1n) is 9.42. The smallest absolute Gasteiger partial charge is 0.341 e. The molecule has 2 aliphatic rings. The summed E-state index contributed by atoms with van der Waals surface area (Å²) in [7, 11) is -1.69. The molecule has 164 valence electrons. The number of nitrogens with zero attached hydrogens (tertiary/aromatic N) is 3.